The maximum Gasteiger partial charge on any atom is 0.326 e. The van der Waals surface area contributed by atoms with E-state index in [-0.39, 0.29) is 24.7 Å². The fraction of sp³-hybridized carbons (Fsp3) is 0.750. The largest absolute Gasteiger partial charge is 0.480 e. The Hall–Kier alpha value is -1.63. The van der Waals surface area contributed by atoms with Gasteiger partial charge in [-0.3, -0.25) is 9.59 Å². The van der Waals surface area contributed by atoms with Crippen molar-refractivity contribution in [3.05, 3.63) is 0 Å². The molecule has 7 nitrogen and oxygen atoms in total. The zero-order valence-corrected chi connectivity index (χ0v) is 11.6. The quantitative estimate of drug-likeness (QED) is 0.501. The van der Waals surface area contributed by atoms with Gasteiger partial charge in [-0.15, -0.1) is 0 Å². The summed E-state index contributed by atoms with van der Waals surface area (Å²) >= 11 is 0. The number of carbonyl (C=O) groups excluding carboxylic acids is 2. The molecule has 0 radical (unpaired) electrons. The summed E-state index contributed by atoms with van der Waals surface area (Å²) in [6.07, 6.45) is -0.0307. The first-order valence-corrected chi connectivity index (χ1v) is 6.23. The van der Waals surface area contributed by atoms with Crippen molar-refractivity contribution in [1.29, 1.82) is 0 Å². The number of nitrogens with one attached hydrogen (secondary N) is 2. The van der Waals surface area contributed by atoms with Crippen molar-refractivity contribution in [3.8, 4) is 0 Å². The molecule has 0 spiro atoms. The molecule has 110 valence electrons. The summed E-state index contributed by atoms with van der Waals surface area (Å²) in [5, 5.41) is 14.4. The van der Waals surface area contributed by atoms with Crippen LogP contribution in [0.25, 0.3) is 0 Å². The fourth-order valence-corrected chi connectivity index (χ4v) is 1.39. The molecule has 0 aliphatic carbocycles. The topological polar surface area (TPSA) is 105 Å². The second-order valence-corrected chi connectivity index (χ2v) is 4.22. The monoisotopic (exact) mass is 274 g/mol. The smallest absolute Gasteiger partial charge is 0.326 e. The van der Waals surface area contributed by atoms with Gasteiger partial charge in [0.05, 0.1) is 7.11 Å². The van der Waals surface area contributed by atoms with Gasteiger partial charge in [0.2, 0.25) is 5.91 Å². The summed E-state index contributed by atoms with van der Waals surface area (Å²) in [6, 6.07) is -1.07. The number of hydrogen-bond donors (Lipinski definition) is 3. The lowest BCUT2D eigenvalue weighted by atomic mass is 10.1. The molecule has 0 heterocycles. The minimum Gasteiger partial charge on any atom is -0.480 e. The number of esters is 1. The Balaban J connectivity index is 4.29. The minimum atomic E-state index is -1.16. The Morgan fingerprint density at radius 1 is 1.32 bits per heavy atom. The number of methoxy groups -OCH3 is 1. The van der Waals surface area contributed by atoms with E-state index in [1.165, 1.54) is 7.11 Å². The average molecular weight is 274 g/mol. The van der Waals surface area contributed by atoms with Crippen LogP contribution in [-0.2, 0) is 19.1 Å². The molecule has 3 N–H and O–H groups in total. The molecule has 2 atom stereocenters. The Morgan fingerprint density at radius 3 is 2.42 bits per heavy atom. The summed E-state index contributed by atoms with van der Waals surface area (Å²) in [6.45, 7) is 4.84. The highest BCUT2D eigenvalue weighted by molar-refractivity contribution is 5.85. The van der Waals surface area contributed by atoms with Crippen LogP contribution >= 0.6 is 0 Å². The maximum atomic E-state index is 11.7. The highest BCUT2D eigenvalue weighted by atomic mass is 16.5. The van der Waals surface area contributed by atoms with Gasteiger partial charge in [0.1, 0.15) is 6.04 Å². The van der Waals surface area contributed by atoms with Crippen LogP contribution in [0, 0.1) is 5.92 Å². The predicted molar refractivity (Wildman–Crippen MR) is 68.5 cm³/mol. The molecule has 0 saturated heterocycles. The zero-order valence-electron chi connectivity index (χ0n) is 11.6. The average Bonchev–Trinajstić information content (AvgIpc) is 2.39. The summed E-state index contributed by atoms with van der Waals surface area (Å²) in [5.74, 6) is -2.34. The van der Waals surface area contributed by atoms with Gasteiger partial charge in [-0.1, -0.05) is 13.8 Å². The first-order chi connectivity index (χ1) is 8.92. The van der Waals surface area contributed by atoms with E-state index in [2.05, 4.69) is 15.4 Å². The molecule has 0 bridgehead atoms. The molecule has 7 heteroatoms. The van der Waals surface area contributed by atoms with Gasteiger partial charge in [0.15, 0.2) is 0 Å². The van der Waals surface area contributed by atoms with Crippen molar-refractivity contribution in [1.82, 2.24) is 10.6 Å². The van der Waals surface area contributed by atoms with E-state index >= 15 is 0 Å². The van der Waals surface area contributed by atoms with E-state index in [9.17, 15) is 14.4 Å². The van der Waals surface area contributed by atoms with Crippen molar-refractivity contribution in [2.45, 2.75) is 32.7 Å². The lowest BCUT2D eigenvalue weighted by Gasteiger charge is -2.17. The number of carboxylic acid groups (broad SMARTS) is 1. The summed E-state index contributed by atoms with van der Waals surface area (Å²) in [7, 11) is 1.23. The van der Waals surface area contributed by atoms with Crippen molar-refractivity contribution in [2.75, 3.05) is 20.2 Å². The Labute approximate surface area is 112 Å². The number of hydrogen-bond acceptors (Lipinski definition) is 5. The van der Waals surface area contributed by atoms with Gasteiger partial charge in [-0.05, 0) is 13.0 Å². The van der Waals surface area contributed by atoms with Crippen LogP contribution in [0.15, 0.2) is 0 Å². The van der Waals surface area contributed by atoms with Crippen LogP contribution in [0.5, 0.6) is 0 Å². The third-order valence-corrected chi connectivity index (χ3v) is 2.63. The molecular weight excluding hydrogens is 252 g/mol. The molecule has 0 aromatic heterocycles. The Kier molecular flexibility index (Phi) is 8.52. The van der Waals surface area contributed by atoms with E-state index in [0.717, 1.165) is 6.54 Å². The van der Waals surface area contributed by atoms with Gasteiger partial charge in [0.25, 0.3) is 0 Å². The van der Waals surface area contributed by atoms with Crippen LogP contribution in [0.2, 0.25) is 0 Å². The third kappa shape index (κ3) is 7.40. The molecule has 1 amide bonds. The van der Waals surface area contributed by atoms with E-state index in [0.29, 0.717) is 6.54 Å². The van der Waals surface area contributed by atoms with Crippen LogP contribution < -0.4 is 10.6 Å². The first-order valence-electron chi connectivity index (χ1n) is 6.23. The molecule has 0 saturated carbocycles. The van der Waals surface area contributed by atoms with Gasteiger partial charge < -0.3 is 20.5 Å². The van der Waals surface area contributed by atoms with Gasteiger partial charge in [-0.25, -0.2) is 4.79 Å². The van der Waals surface area contributed by atoms with Gasteiger partial charge in [-0.2, -0.15) is 0 Å². The molecule has 0 rings (SSSR count). The van der Waals surface area contributed by atoms with E-state index in [1.807, 2.05) is 6.92 Å². The minimum absolute atomic E-state index is 0.0155. The number of ether oxygens (including phenoxy) is 1. The van der Waals surface area contributed by atoms with Crippen molar-refractivity contribution in [2.24, 2.45) is 5.92 Å². The molecule has 0 aromatic rings. The predicted octanol–water partition coefficient (Wildman–Crippen LogP) is -0.245. The van der Waals surface area contributed by atoms with Crippen LogP contribution in [0.4, 0.5) is 0 Å². The van der Waals surface area contributed by atoms with E-state index in [4.69, 9.17) is 5.11 Å². The molecule has 2 unspecified atom stereocenters. The standard InChI is InChI=1S/C12H22N2O5/c1-4-13-7-8(2)11(16)14-9(12(17)18)5-6-10(15)19-3/h8-9,13H,4-7H2,1-3H3,(H,14,16)(H,17,18). The molecule has 0 aliphatic rings. The number of carbonyl (C=O) groups is 3. The SMILES string of the molecule is CCNCC(C)C(=O)NC(CCC(=O)OC)C(=O)O. The highest BCUT2D eigenvalue weighted by Gasteiger charge is 2.23. The summed E-state index contributed by atoms with van der Waals surface area (Å²) in [4.78, 5) is 33.7. The van der Waals surface area contributed by atoms with Crippen LogP contribution in [0.1, 0.15) is 26.7 Å². The lowest BCUT2D eigenvalue weighted by molar-refractivity contribution is -0.144. The number of aliphatic carboxylic acids is 1. The fourth-order valence-electron chi connectivity index (χ4n) is 1.39. The second kappa shape index (κ2) is 9.32. The number of amides is 1. The summed E-state index contributed by atoms with van der Waals surface area (Å²) in [5.41, 5.74) is 0. The molecule has 0 aromatic carbocycles. The van der Waals surface area contributed by atoms with Crippen molar-refractivity contribution >= 4 is 17.8 Å². The van der Waals surface area contributed by atoms with Crippen LogP contribution in [0.3, 0.4) is 0 Å². The first kappa shape index (κ1) is 17.4. The van der Waals surface area contributed by atoms with Crippen molar-refractivity contribution in [3.63, 3.8) is 0 Å². The van der Waals surface area contributed by atoms with Crippen LogP contribution in [-0.4, -0.2) is 49.2 Å². The van der Waals surface area contributed by atoms with E-state index in [1.54, 1.807) is 6.92 Å². The third-order valence-electron chi connectivity index (χ3n) is 2.63. The molecule has 19 heavy (non-hydrogen) atoms. The van der Waals surface area contributed by atoms with Gasteiger partial charge in [0, 0.05) is 18.9 Å². The lowest BCUT2D eigenvalue weighted by Crippen LogP contribution is -2.45. The van der Waals surface area contributed by atoms with Gasteiger partial charge >= 0.3 is 11.9 Å². The second-order valence-electron chi connectivity index (χ2n) is 4.22. The van der Waals surface area contributed by atoms with E-state index < -0.39 is 18.0 Å². The summed E-state index contributed by atoms with van der Waals surface area (Å²) < 4.78 is 4.43. The molecule has 0 fully saturated rings. The number of carboxylic acids is 1. The highest BCUT2D eigenvalue weighted by Crippen LogP contribution is 2.02. The molecular formula is C12H22N2O5. The Morgan fingerprint density at radius 2 is 1.95 bits per heavy atom. The zero-order chi connectivity index (χ0) is 14.8. The Bertz CT molecular complexity index is 319. The number of rotatable bonds is 9. The normalized spacial score (nSPS) is 13.4. The maximum absolute atomic E-state index is 11.7. The molecule has 0 aliphatic heterocycles. The van der Waals surface area contributed by atoms with Crippen molar-refractivity contribution < 1.29 is 24.2 Å².